The summed E-state index contributed by atoms with van der Waals surface area (Å²) in [7, 11) is -3.47. The number of rotatable bonds is 3. The van der Waals surface area contributed by atoms with Gasteiger partial charge in [-0.1, -0.05) is 17.3 Å². The van der Waals surface area contributed by atoms with E-state index in [4.69, 9.17) is 5.26 Å². The highest BCUT2D eigenvalue weighted by Crippen LogP contribution is 2.16. The third-order valence-electron chi connectivity index (χ3n) is 2.96. The molecule has 0 amide bonds. The van der Waals surface area contributed by atoms with Gasteiger partial charge in [-0.25, -0.2) is 18.4 Å². The maximum Gasteiger partial charge on any atom is 0.221 e. The lowest BCUT2D eigenvalue weighted by Crippen LogP contribution is -2.04. The van der Waals surface area contributed by atoms with E-state index in [1.54, 1.807) is 18.2 Å². The second-order valence-electron chi connectivity index (χ2n) is 4.63. The van der Waals surface area contributed by atoms with E-state index in [9.17, 15) is 8.42 Å². The molecule has 0 atom stereocenters. The first kappa shape index (κ1) is 14.1. The second-order valence-corrected chi connectivity index (χ2v) is 6.60. The van der Waals surface area contributed by atoms with Gasteiger partial charge in [0.2, 0.25) is 11.3 Å². The van der Waals surface area contributed by atoms with Crippen molar-refractivity contribution in [3.05, 3.63) is 36.0 Å². The molecule has 3 aromatic rings. The molecule has 0 spiro atoms. The number of sulfone groups is 1. The molecule has 2 heterocycles. The average Bonchev–Trinajstić information content (AvgIpc) is 2.90. The fraction of sp³-hybridized carbons (Fsp3) is 0.154. The van der Waals surface area contributed by atoms with Gasteiger partial charge in [0, 0.05) is 6.26 Å². The van der Waals surface area contributed by atoms with Crippen molar-refractivity contribution in [3.63, 3.8) is 0 Å². The molecule has 0 unspecified atom stereocenters. The van der Waals surface area contributed by atoms with Gasteiger partial charge in [-0.05, 0) is 17.7 Å². The summed E-state index contributed by atoms with van der Waals surface area (Å²) < 4.78 is 24.6. The van der Waals surface area contributed by atoms with Crippen LogP contribution in [0.2, 0.25) is 0 Å². The van der Waals surface area contributed by atoms with E-state index in [-0.39, 0.29) is 22.7 Å². The molecule has 0 aliphatic heterocycles. The molecular formula is C13H10N6O2S. The van der Waals surface area contributed by atoms with Crippen LogP contribution in [0.1, 0.15) is 5.56 Å². The highest BCUT2D eigenvalue weighted by molar-refractivity contribution is 7.90. The third kappa shape index (κ3) is 2.51. The van der Waals surface area contributed by atoms with Crippen molar-refractivity contribution in [2.45, 2.75) is 11.4 Å². The molecule has 0 fully saturated rings. The molecular weight excluding hydrogens is 304 g/mol. The van der Waals surface area contributed by atoms with E-state index < -0.39 is 9.84 Å². The first-order valence-electron chi connectivity index (χ1n) is 6.24. The molecule has 0 N–H and O–H groups in total. The Kier molecular flexibility index (Phi) is 3.30. The number of fused-ring (bicyclic) bond motifs is 1. The molecule has 9 heteroatoms. The average molecular weight is 314 g/mol. The van der Waals surface area contributed by atoms with Crippen LogP contribution in [0, 0.1) is 11.3 Å². The van der Waals surface area contributed by atoms with Crippen LogP contribution in [-0.2, 0) is 16.3 Å². The van der Waals surface area contributed by atoms with Crippen LogP contribution in [0.15, 0.2) is 35.5 Å². The Bertz CT molecular complexity index is 1000. The zero-order valence-corrected chi connectivity index (χ0v) is 12.3. The molecule has 22 heavy (non-hydrogen) atoms. The smallest absolute Gasteiger partial charge is 0.221 e. The van der Waals surface area contributed by atoms with Crippen molar-refractivity contribution < 1.29 is 8.42 Å². The summed E-state index contributed by atoms with van der Waals surface area (Å²) in [5.74, 6) is 0. The van der Waals surface area contributed by atoms with Crippen molar-refractivity contribution in [1.29, 1.82) is 5.26 Å². The number of hydrogen-bond acceptors (Lipinski definition) is 7. The first-order valence-corrected chi connectivity index (χ1v) is 8.13. The van der Waals surface area contributed by atoms with Crippen LogP contribution in [0.3, 0.4) is 0 Å². The van der Waals surface area contributed by atoms with Crippen molar-refractivity contribution in [2.75, 3.05) is 6.26 Å². The summed E-state index contributed by atoms with van der Waals surface area (Å²) in [5, 5.41) is 16.5. The van der Waals surface area contributed by atoms with Crippen molar-refractivity contribution in [3.8, 4) is 11.8 Å². The van der Waals surface area contributed by atoms with Gasteiger partial charge in [-0.2, -0.15) is 9.94 Å². The molecule has 1 aromatic carbocycles. The predicted molar refractivity (Wildman–Crippen MR) is 76.9 cm³/mol. The summed E-state index contributed by atoms with van der Waals surface area (Å²) in [6.45, 7) is 0. The number of nitriles is 1. The number of nitrogens with zero attached hydrogens (tertiary/aromatic N) is 6. The molecule has 0 radical (unpaired) electrons. The Morgan fingerprint density at radius 3 is 2.91 bits per heavy atom. The number of aromatic nitrogens is 5. The number of hydrogen-bond donors (Lipinski definition) is 0. The summed E-state index contributed by atoms with van der Waals surface area (Å²) >= 11 is 0. The van der Waals surface area contributed by atoms with Crippen molar-refractivity contribution in [1.82, 2.24) is 25.0 Å². The molecule has 0 aliphatic carbocycles. The lowest BCUT2D eigenvalue weighted by atomic mass is 10.1. The van der Waals surface area contributed by atoms with Crippen LogP contribution >= 0.6 is 0 Å². The zero-order valence-electron chi connectivity index (χ0n) is 11.5. The standard InChI is InChI=1S/C13H10N6O2S/c1-22(20,21)11-8-15-12-13(16-11)19(18-17-12)10-4-2-3-9(7-10)5-6-14/h2-4,7-8H,5H2,1H3. The van der Waals surface area contributed by atoms with Gasteiger partial charge in [0.05, 0.1) is 24.4 Å². The van der Waals surface area contributed by atoms with Crippen LogP contribution in [0.25, 0.3) is 17.0 Å². The highest BCUT2D eigenvalue weighted by Gasteiger charge is 2.15. The van der Waals surface area contributed by atoms with Crippen molar-refractivity contribution in [2.24, 2.45) is 0 Å². The topological polar surface area (TPSA) is 114 Å². The molecule has 3 rings (SSSR count). The Morgan fingerprint density at radius 2 is 2.18 bits per heavy atom. The Labute approximate surface area is 126 Å². The van der Waals surface area contributed by atoms with Gasteiger partial charge in [-0.15, -0.1) is 5.10 Å². The maximum atomic E-state index is 11.6. The summed E-state index contributed by atoms with van der Waals surface area (Å²) in [6, 6.07) is 9.21. The van der Waals surface area contributed by atoms with E-state index >= 15 is 0 Å². The van der Waals surface area contributed by atoms with Gasteiger partial charge < -0.3 is 0 Å². The summed E-state index contributed by atoms with van der Waals surface area (Å²) in [5.41, 5.74) is 1.95. The largest absolute Gasteiger partial charge is 0.229 e. The molecule has 8 nitrogen and oxygen atoms in total. The molecule has 2 aromatic heterocycles. The maximum absolute atomic E-state index is 11.6. The minimum absolute atomic E-state index is 0.142. The first-order chi connectivity index (χ1) is 10.5. The van der Waals surface area contributed by atoms with Crippen molar-refractivity contribution >= 4 is 21.1 Å². The van der Waals surface area contributed by atoms with Gasteiger partial charge in [-0.3, -0.25) is 0 Å². The normalized spacial score (nSPS) is 11.5. The Morgan fingerprint density at radius 1 is 1.36 bits per heavy atom. The van der Waals surface area contributed by atoms with Gasteiger partial charge in [0.1, 0.15) is 0 Å². The summed E-state index contributed by atoms with van der Waals surface area (Å²) in [6.07, 6.45) is 2.48. The SMILES string of the molecule is CS(=O)(=O)c1cnc2nnn(-c3cccc(CC#N)c3)c2n1. The fourth-order valence-electron chi connectivity index (χ4n) is 1.94. The highest BCUT2D eigenvalue weighted by atomic mass is 32.2. The van der Waals surface area contributed by atoms with Crippen LogP contribution in [0.4, 0.5) is 0 Å². The van der Waals surface area contributed by atoms with Gasteiger partial charge in [0.25, 0.3) is 0 Å². The van der Waals surface area contributed by atoms with E-state index in [2.05, 4.69) is 26.3 Å². The van der Waals surface area contributed by atoms with Gasteiger partial charge >= 0.3 is 0 Å². The Hall–Kier alpha value is -2.86. The summed E-state index contributed by atoms with van der Waals surface area (Å²) in [4.78, 5) is 8.05. The minimum atomic E-state index is -3.47. The van der Waals surface area contributed by atoms with E-state index in [0.29, 0.717) is 5.69 Å². The van der Waals surface area contributed by atoms with E-state index in [1.807, 2.05) is 6.07 Å². The lowest BCUT2D eigenvalue weighted by molar-refractivity contribution is 0.598. The predicted octanol–water partition coefficient (Wildman–Crippen LogP) is 0.680. The lowest BCUT2D eigenvalue weighted by Gasteiger charge is -2.03. The second kappa shape index (κ2) is 5.16. The Balaban J connectivity index is 2.19. The number of benzene rings is 1. The third-order valence-corrected chi connectivity index (χ3v) is 3.92. The van der Waals surface area contributed by atoms with Crippen LogP contribution in [0.5, 0.6) is 0 Å². The van der Waals surface area contributed by atoms with E-state index in [1.165, 1.54) is 4.68 Å². The molecule has 0 saturated carbocycles. The van der Waals surface area contributed by atoms with E-state index in [0.717, 1.165) is 18.0 Å². The minimum Gasteiger partial charge on any atom is -0.229 e. The fourth-order valence-corrected chi connectivity index (χ4v) is 2.44. The van der Waals surface area contributed by atoms with Crippen LogP contribution < -0.4 is 0 Å². The van der Waals surface area contributed by atoms with Crippen LogP contribution in [-0.4, -0.2) is 39.6 Å². The zero-order chi connectivity index (χ0) is 15.7. The molecule has 0 saturated heterocycles. The van der Waals surface area contributed by atoms with Gasteiger partial charge in [0.15, 0.2) is 14.9 Å². The molecule has 110 valence electrons. The molecule has 0 bridgehead atoms. The molecule has 0 aliphatic rings. The monoisotopic (exact) mass is 314 g/mol. The quantitative estimate of drug-likeness (QED) is 0.698.